The molecule has 1 unspecified atom stereocenters. The number of benzene rings is 1. The van der Waals surface area contributed by atoms with Gasteiger partial charge in [-0.1, -0.05) is 13.3 Å². The first kappa shape index (κ1) is 21.2. The summed E-state index contributed by atoms with van der Waals surface area (Å²) in [5, 5.41) is 0. The number of likely N-dealkylation sites (N-methyl/N-ethyl adjacent to an activating group) is 1. The Hall–Kier alpha value is -2.09. The Labute approximate surface area is 160 Å². The molecule has 0 aromatic heterocycles. The van der Waals surface area contributed by atoms with Gasteiger partial charge < -0.3 is 14.4 Å². The molecule has 1 aliphatic rings. The van der Waals surface area contributed by atoms with Crippen molar-refractivity contribution in [3.05, 3.63) is 29.8 Å². The minimum atomic E-state index is -3.08. The van der Waals surface area contributed by atoms with Crippen LogP contribution in [-0.4, -0.2) is 62.5 Å². The summed E-state index contributed by atoms with van der Waals surface area (Å²) in [6.07, 6.45) is 2.43. The molecule has 1 aromatic rings. The summed E-state index contributed by atoms with van der Waals surface area (Å²) >= 11 is 0. The first-order valence-electron chi connectivity index (χ1n) is 9.26. The Kier molecular flexibility index (Phi) is 7.65. The van der Waals surface area contributed by atoms with Gasteiger partial charge in [-0.05, 0) is 44.0 Å². The SMILES string of the molecule is CCCCOc1ccc(C(=O)OCC(=O)N(CC)C2CCS(=O)(=O)C2)cc1. The van der Waals surface area contributed by atoms with Crippen molar-refractivity contribution in [2.75, 3.05) is 31.3 Å². The number of esters is 1. The lowest BCUT2D eigenvalue weighted by atomic mass is 10.2. The number of hydrogen-bond acceptors (Lipinski definition) is 6. The number of rotatable bonds is 9. The van der Waals surface area contributed by atoms with Crippen LogP contribution in [0, 0.1) is 0 Å². The highest BCUT2D eigenvalue weighted by Crippen LogP contribution is 2.18. The summed E-state index contributed by atoms with van der Waals surface area (Å²) in [4.78, 5) is 25.9. The third-order valence-electron chi connectivity index (χ3n) is 4.49. The summed E-state index contributed by atoms with van der Waals surface area (Å²) in [6.45, 7) is 4.45. The van der Waals surface area contributed by atoms with Crippen molar-refractivity contribution < 1.29 is 27.5 Å². The monoisotopic (exact) mass is 397 g/mol. The summed E-state index contributed by atoms with van der Waals surface area (Å²) < 4.78 is 33.9. The lowest BCUT2D eigenvalue weighted by molar-refractivity contribution is -0.136. The number of carbonyl (C=O) groups is 2. The maximum absolute atomic E-state index is 12.3. The van der Waals surface area contributed by atoms with Crippen molar-refractivity contribution in [2.24, 2.45) is 0 Å². The minimum absolute atomic E-state index is 0.0278. The molecule has 27 heavy (non-hydrogen) atoms. The van der Waals surface area contributed by atoms with Gasteiger partial charge in [0.05, 0.1) is 23.7 Å². The predicted octanol–water partition coefficient (Wildman–Crippen LogP) is 2.06. The van der Waals surface area contributed by atoms with Gasteiger partial charge in [-0.25, -0.2) is 13.2 Å². The Balaban J connectivity index is 1.85. The predicted molar refractivity (Wildman–Crippen MR) is 102 cm³/mol. The number of ether oxygens (including phenoxy) is 2. The largest absolute Gasteiger partial charge is 0.494 e. The van der Waals surface area contributed by atoms with E-state index in [1.54, 1.807) is 31.2 Å². The van der Waals surface area contributed by atoms with Gasteiger partial charge in [-0.3, -0.25) is 4.79 Å². The summed E-state index contributed by atoms with van der Waals surface area (Å²) in [7, 11) is -3.08. The van der Waals surface area contributed by atoms with Crippen LogP contribution in [0.4, 0.5) is 0 Å². The van der Waals surface area contributed by atoms with Crippen molar-refractivity contribution in [3.8, 4) is 5.75 Å². The molecule has 1 amide bonds. The van der Waals surface area contributed by atoms with Gasteiger partial charge in [0.25, 0.3) is 5.91 Å². The number of sulfone groups is 1. The molecular formula is C19H27NO6S. The zero-order valence-corrected chi connectivity index (χ0v) is 16.7. The van der Waals surface area contributed by atoms with Gasteiger partial charge in [0.2, 0.25) is 0 Å². The van der Waals surface area contributed by atoms with E-state index < -0.39 is 22.4 Å². The van der Waals surface area contributed by atoms with Gasteiger partial charge in [0.15, 0.2) is 16.4 Å². The van der Waals surface area contributed by atoms with E-state index >= 15 is 0 Å². The highest BCUT2D eigenvalue weighted by Gasteiger charge is 2.34. The van der Waals surface area contributed by atoms with Crippen LogP contribution in [0.5, 0.6) is 5.75 Å². The van der Waals surface area contributed by atoms with Gasteiger partial charge in [-0.15, -0.1) is 0 Å². The van der Waals surface area contributed by atoms with E-state index in [-0.39, 0.29) is 23.5 Å². The van der Waals surface area contributed by atoms with Gasteiger partial charge in [-0.2, -0.15) is 0 Å². The van der Waals surface area contributed by atoms with Crippen molar-refractivity contribution in [1.29, 1.82) is 0 Å². The van der Waals surface area contributed by atoms with Gasteiger partial charge in [0.1, 0.15) is 5.75 Å². The second-order valence-corrected chi connectivity index (χ2v) is 8.77. The molecule has 1 aliphatic heterocycles. The Bertz CT molecular complexity index is 744. The molecule has 0 aliphatic carbocycles. The zero-order chi connectivity index (χ0) is 19.9. The van der Waals surface area contributed by atoms with E-state index in [1.165, 1.54) is 4.90 Å². The molecule has 1 aromatic carbocycles. The highest BCUT2D eigenvalue weighted by molar-refractivity contribution is 7.91. The lowest BCUT2D eigenvalue weighted by Crippen LogP contribution is -2.43. The third kappa shape index (κ3) is 6.23. The Morgan fingerprint density at radius 1 is 1.19 bits per heavy atom. The molecule has 1 saturated heterocycles. The highest BCUT2D eigenvalue weighted by atomic mass is 32.2. The van der Waals surface area contributed by atoms with E-state index in [9.17, 15) is 18.0 Å². The normalized spacial score (nSPS) is 18.1. The van der Waals surface area contributed by atoms with Crippen molar-refractivity contribution in [2.45, 2.75) is 39.2 Å². The summed E-state index contributed by atoms with van der Waals surface area (Å²) in [5.74, 6) is -0.241. The maximum atomic E-state index is 12.3. The number of unbranched alkanes of at least 4 members (excludes halogenated alkanes) is 1. The number of nitrogens with zero attached hydrogens (tertiary/aromatic N) is 1. The van der Waals surface area contributed by atoms with Crippen LogP contribution in [0.3, 0.4) is 0 Å². The van der Waals surface area contributed by atoms with Crippen LogP contribution in [-0.2, 0) is 19.4 Å². The topological polar surface area (TPSA) is 90.0 Å². The molecule has 0 radical (unpaired) electrons. The van der Waals surface area contributed by atoms with Crippen LogP contribution >= 0.6 is 0 Å². The van der Waals surface area contributed by atoms with Gasteiger partial charge >= 0.3 is 5.97 Å². The zero-order valence-electron chi connectivity index (χ0n) is 15.8. The van der Waals surface area contributed by atoms with Crippen LogP contribution < -0.4 is 4.74 Å². The number of hydrogen-bond donors (Lipinski definition) is 0. The summed E-state index contributed by atoms with van der Waals surface area (Å²) in [6, 6.07) is 6.22. The molecule has 8 heteroatoms. The molecule has 1 fully saturated rings. The van der Waals surface area contributed by atoms with Crippen LogP contribution in [0.25, 0.3) is 0 Å². The van der Waals surface area contributed by atoms with E-state index in [2.05, 4.69) is 6.92 Å². The maximum Gasteiger partial charge on any atom is 0.338 e. The molecule has 7 nitrogen and oxygen atoms in total. The fraction of sp³-hybridized carbons (Fsp3) is 0.579. The van der Waals surface area contributed by atoms with Gasteiger partial charge in [0, 0.05) is 12.6 Å². The Morgan fingerprint density at radius 3 is 2.44 bits per heavy atom. The lowest BCUT2D eigenvalue weighted by Gasteiger charge is -2.26. The van der Waals surface area contributed by atoms with Crippen LogP contribution in [0.2, 0.25) is 0 Å². The fourth-order valence-corrected chi connectivity index (χ4v) is 4.71. The molecule has 0 saturated carbocycles. The van der Waals surface area contributed by atoms with E-state index in [0.717, 1.165) is 12.8 Å². The molecule has 0 bridgehead atoms. The number of carbonyl (C=O) groups excluding carboxylic acids is 2. The van der Waals surface area contributed by atoms with Crippen LogP contribution in [0.1, 0.15) is 43.5 Å². The first-order chi connectivity index (χ1) is 12.9. The van der Waals surface area contributed by atoms with Crippen LogP contribution in [0.15, 0.2) is 24.3 Å². The number of amides is 1. The molecule has 150 valence electrons. The third-order valence-corrected chi connectivity index (χ3v) is 6.24. The molecular weight excluding hydrogens is 370 g/mol. The average molecular weight is 397 g/mol. The van der Waals surface area contributed by atoms with Crippen molar-refractivity contribution in [1.82, 2.24) is 4.90 Å². The fourth-order valence-electron chi connectivity index (χ4n) is 2.97. The second kappa shape index (κ2) is 9.73. The average Bonchev–Trinajstić information content (AvgIpc) is 3.00. The summed E-state index contributed by atoms with van der Waals surface area (Å²) in [5.41, 5.74) is 0.331. The molecule has 1 atom stereocenters. The standard InChI is InChI=1S/C19H27NO6S/c1-3-5-11-25-17-8-6-15(7-9-17)19(22)26-13-18(21)20(4-2)16-10-12-27(23,24)14-16/h6-9,16H,3-5,10-14H2,1-2H3. The first-order valence-corrected chi connectivity index (χ1v) is 11.1. The minimum Gasteiger partial charge on any atom is -0.494 e. The van der Waals surface area contributed by atoms with E-state index in [0.29, 0.717) is 30.9 Å². The smallest absolute Gasteiger partial charge is 0.338 e. The quantitative estimate of drug-likeness (QED) is 0.468. The van der Waals surface area contributed by atoms with E-state index in [4.69, 9.17) is 9.47 Å². The Morgan fingerprint density at radius 2 is 1.89 bits per heavy atom. The van der Waals surface area contributed by atoms with Crippen molar-refractivity contribution in [3.63, 3.8) is 0 Å². The molecule has 0 spiro atoms. The van der Waals surface area contributed by atoms with E-state index in [1.807, 2.05) is 0 Å². The second-order valence-electron chi connectivity index (χ2n) is 6.54. The molecule has 0 N–H and O–H groups in total. The molecule has 1 heterocycles. The van der Waals surface area contributed by atoms with Crippen molar-refractivity contribution >= 4 is 21.7 Å². The molecule has 2 rings (SSSR count).